The summed E-state index contributed by atoms with van der Waals surface area (Å²) in [5.41, 5.74) is -0.242. The molecule has 1 fully saturated rings. The van der Waals surface area contributed by atoms with Gasteiger partial charge in [0.25, 0.3) is 11.4 Å². The number of hydrogen-bond acceptors (Lipinski definition) is 8. The fourth-order valence-corrected chi connectivity index (χ4v) is 4.74. The number of hydrogen-bond donors (Lipinski definition) is 1. The largest absolute Gasteiger partial charge is 0.483 e. The molecular weight excluding hydrogens is 492 g/mol. The molecule has 0 aromatic heterocycles. The highest BCUT2D eigenvalue weighted by molar-refractivity contribution is 5.39. The Morgan fingerprint density at radius 2 is 1.50 bits per heavy atom. The molecule has 0 saturated carbocycles. The first-order chi connectivity index (χ1) is 18.3. The Kier molecular flexibility index (Phi) is 11.0. The Hall–Kier alpha value is -3.50. The fourth-order valence-electron chi connectivity index (χ4n) is 4.74. The van der Waals surface area contributed by atoms with E-state index in [1.165, 1.54) is 36.4 Å². The van der Waals surface area contributed by atoms with E-state index < -0.39 is 34.3 Å². The van der Waals surface area contributed by atoms with Gasteiger partial charge in [-0.15, -0.1) is 6.58 Å². The highest BCUT2D eigenvalue weighted by Crippen LogP contribution is 2.36. The lowest BCUT2D eigenvalue weighted by Crippen LogP contribution is -2.44. The average molecular weight is 529 g/mol. The minimum absolute atomic E-state index is 0.0413. The van der Waals surface area contributed by atoms with Crippen molar-refractivity contribution in [3.05, 3.63) is 81.4 Å². The van der Waals surface area contributed by atoms with E-state index >= 15 is 0 Å². The maximum atomic E-state index is 11.3. The van der Waals surface area contributed by atoms with Crippen LogP contribution < -0.4 is 9.47 Å². The summed E-state index contributed by atoms with van der Waals surface area (Å²) in [6, 6.07) is 11.6. The molecule has 2 aromatic rings. The lowest BCUT2D eigenvalue weighted by atomic mass is 9.92. The summed E-state index contributed by atoms with van der Waals surface area (Å²) >= 11 is 0. The number of non-ortho nitro benzene ring substituents is 2. The second-order valence-corrected chi connectivity index (χ2v) is 9.61. The smallest absolute Gasteiger partial charge is 0.273 e. The van der Waals surface area contributed by atoms with Crippen LogP contribution in [0.25, 0.3) is 0 Å². The van der Waals surface area contributed by atoms with Crippen molar-refractivity contribution in [2.24, 2.45) is 5.92 Å². The molecule has 206 valence electrons. The van der Waals surface area contributed by atoms with Gasteiger partial charge in [-0.2, -0.15) is 0 Å². The summed E-state index contributed by atoms with van der Waals surface area (Å²) in [7, 11) is 0. The molecule has 0 spiro atoms. The quantitative estimate of drug-likeness (QED) is 0.121. The topological polar surface area (TPSA) is 134 Å². The molecule has 0 bridgehead atoms. The van der Waals surface area contributed by atoms with E-state index in [2.05, 4.69) is 13.5 Å². The third-order valence-corrected chi connectivity index (χ3v) is 6.76. The number of aliphatic hydroxyl groups is 1. The first-order valence-electron chi connectivity index (χ1n) is 13.0. The molecule has 2 aromatic carbocycles. The molecule has 2 unspecified atom stereocenters. The van der Waals surface area contributed by atoms with Crippen LogP contribution in [0.15, 0.2) is 61.2 Å². The first-order valence-corrected chi connectivity index (χ1v) is 13.0. The Bertz CT molecular complexity index is 1080. The van der Waals surface area contributed by atoms with Gasteiger partial charge in [0.1, 0.15) is 23.7 Å². The lowest BCUT2D eigenvalue weighted by Gasteiger charge is -2.28. The molecule has 3 rings (SSSR count). The summed E-state index contributed by atoms with van der Waals surface area (Å²) in [4.78, 5) is 21.5. The highest BCUT2D eigenvalue weighted by Gasteiger charge is 2.49. The Morgan fingerprint density at radius 3 is 2.05 bits per heavy atom. The number of nitro benzene ring substituents is 2. The molecule has 0 amide bonds. The van der Waals surface area contributed by atoms with Crippen molar-refractivity contribution in [1.29, 1.82) is 0 Å². The van der Waals surface area contributed by atoms with Gasteiger partial charge in [0.05, 0.1) is 28.6 Å². The average Bonchev–Trinajstić information content (AvgIpc) is 3.25. The van der Waals surface area contributed by atoms with E-state index in [1.807, 2.05) is 6.08 Å². The van der Waals surface area contributed by atoms with Gasteiger partial charge in [-0.3, -0.25) is 20.2 Å². The van der Waals surface area contributed by atoms with Crippen LogP contribution >= 0.6 is 0 Å². The van der Waals surface area contributed by atoms with E-state index in [0.717, 1.165) is 44.9 Å². The molecule has 38 heavy (non-hydrogen) atoms. The van der Waals surface area contributed by atoms with Gasteiger partial charge in [0.15, 0.2) is 12.2 Å². The number of rotatable bonds is 16. The summed E-state index contributed by atoms with van der Waals surface area (Å²) in [5.74, 6) is 0.560. The van der Waals surface area contributed by atoms with E-state index in [9.17, 15) is 25.3 Å². The second-order valence-electron chi connectivity index (χ2n) is 9.61. The van der Waals surface area contributed by atoms with Crippen LogP contribution in [0.3, 0.4) is 0 Å². The molecule has 5 atom stereocenters. The van der Waals surface area contributed by atoms with Gasteiger partial charge in [0.2, 0.25) is 0 Å². The second kappa shape index (κ2) is 14.4. The van der Waals surface area contributed by atoms with E-state index in [0.29, 0.717) is 0 Å². The minimum atomic E-state index is -0.799. The molecule has 10 nitrogen and oxygen atoms in total. The first kappa shape index (κ1) is 29.1. The standard InChI is InChI=1S/C28H36N2O8/c1-3-4-5-6-7-8-9-12-20(2)26-28(37-24-16-11-14-22(18-24)30(34)35)27(25(19-31)38-26)36-23-15-10-13-21(17-23)29(32)33/h3,10-11,13-18,20,25-28,31H,1,4-9,12,19H2,2H3/t20?,25-,26?,27-,28-/m1/s1. The minimum Gasteiger partial charge on any atom is -0.483 e. The van der Waals surface area contributed by atoms with E-state index in [4.69, 9.17) is 14.2 Å². The third-order valence-electron chi connectivity index (χ3n) is 6.76. The van der Waals surface area contributed by atoms with Gasteiger partial charge < -0.3 is 19.3 Å². The van der Waals surface area contributed by atoms with Crippen LogP contribution in [0.1, 0.15) is 51.9 Å². The molecule has 1 saturated heterocycles. The normalized spacial score (nSPS) is 21.5. The van der Waals surface area contributed by atoms with Crippen molar-refractivity contribution in [2.45, 2.75) is 76.3 Å². The van der Waals surface area contributed by atoms with Crippen molar-refractivity contribution in [1.82, 2.24) is 0 Å². The zero-order valence-corrected chi connectivity index (χ0v) is 21.6. The molecule has 1 aliphatic heterocycles. The molecule has 1 heterocycles. The molecule has 1 aliphatic rings. The van der Waals surface area contributed by atoms with Crippen LogP contribution in [-0.4, -0.2) is 46.0 Å². The summed E-state index contributed by atoms with van der Waals surface area (Å²) < 4.78 is 18.6. The number of nitro groups is 2. The van der Waals surface area contributed by atoms with Gasteiger partial charge in [-0.25, -0.2) is 0 Å². The number of unbranched alkanes of at least 4 members (excludes halogenated alkanes) is 5. The number of benzene rings is 2. The van der Waals surface area contributed by atoms with Crippen LogP contribution in [0.5, 0.6) is 11.5 Å². The van der Waals surface area contributed by atoms with Gasteiger partial charge in [0, 0.05) is 12.1 Å². The SMILES string of the molecule is C=CCCCCCCCC(C)C1O[C@H](CO)[C@@H](Oc2cccc([N+](=O)[O-])c2)[C@@H]1Oc1cccc([N+](=O)[O-])c1. The van der Waals surface area contributed by atoms with Crippen LogP contribution in [-0.2, 0) is 4.74 Å². The number of allylic oxidation sites excluding steroid dienone is 1. The maximum absolute atomic E-state index is 11.3. The Morgan fingerprint density at radius 1 is 0.947 bits per heavy atom. The molecule has 0 radical (unpaired) electrons. The van der Waals surface area contributed by atoms with Crippen molar-refractivity contribution >= 4 is 11.4 Å². The number of ether oxygens (including phenoxy) is 3. The Balaban J connectivity index is 1.79. The van der Waals surface area contributed by atoms with E-state index in [-0.39, 0.29) is 35.4 Å². The zero-order chi connectivity index (χ0) is 27.5. The van der Waals surface area contributed by atoms with Crippen molar-refractivity contribution < 1.29 is 29.2 Å². The monoisotopic (exact) mass is 528 g/mol. The number of nitrogens with zero attached hydrogens (tertiary/aromatic N) is 2. The van der Waals surface area contributed by atoms with E-state index in [1.54, 1.807) is 12.1 Å². The van der Waals surface area contributed by atoms with Crippen molar-refractivity contribution in [3.63, 3.8) is 0 Å². The highest BCUT2D eigenvalue weighted by atomic mass is 16.6. The summed E-state index contributed by atoms with van der Waals surface area (Å²) in [6.07, 6.45) is 6.62. The molecule has 1 N–H and O–H groups in total. The summed E-state index contributed by atoms with van der Waals surface area (Å²) in [5, 5.41) is 32.6. The van der Waals surface area contributed by atoms with Crippen molar-refractivity contribution in [2.75, 3.05) is 6.61 Å². The lowest BCUT2D eigenvalue weighted by molar-refractivity contribution is -0.385. The number of aliphatic hydroxyl groups excluding tert-OH is 1. The maximum Gasteiger partial charge on any atom is 0.273 e. The summed E-state index contributed by atoms with van der Waals surface area (Å²) in [6.45, 7) is 5.46. The van der Waals surface area contributed by atoms with Gasteiger partial charge in [-0.1, -0.05) is 50.8 Å². The molecule has 10 heteroatoms. The van der Waals surface area contributed by atoms with Gasteiger partial charge >= 0.3 is 0 Å². The van der Waals surface area contributed by atoms with Crippen LogP contribution in [0.4, 0.5) is 11.4 Å². The van der Waals surface area contributed by atoms with Crippen LogP contribution in [0, 0.1) is 26.1 Å². The predicted octanol–water partition coefficient (Wildman–Crippen LogP) is 6.01. The van der Waals surface area contributed by atoms with Crippen LogP contribution in [0.2, 0.25) is 0 Å². The molecule has 0 aliphatic carbocycles. The molecular formula is C28H36N2O8. The zero-order valence-electron chi connectivity index (χ0n) is 21.6. The van der Waals surface area contributed by atoms with Crippen molar-refractivity contribution in [3.8, 4) is 11.5 Å². The third kappa shape index (κ3) is 8.00. The predicted molar refractivity (Wildman–Crippen MR) is 142 cm³/mol. The fraction of sp³-hybridized carbons (Fsp3) is 0.500. The van der Waals surface area contributed by atoms with Gasteiger partial charge in [-0.05, 0) is 37.3 Å². The Labute approximate surface area is 222 Å².